The molecule has 82 valence electrons. The van der Waals surface area contributed by atoms with E-state index in [1.54, 1.807) is 0 Å². The van der Waals surface area contributed by atoms with Gasteiger partial charge in [-0.25, -0.2) is 0 Å². The summed E-state index contributed by atoms with van der Waals surface area (Å²) in [5.41, 5.74) is 7.38. The maximum absolute atomic E-state index is 10.6. The van der Waals surface area contributed by atoms with Crippen LogP contribution in [0.25, 0.3) is 0 Å². The SMILES string of the molecule is CC(C)(C)c1ccc(NCC(N)=O)cc1. The van der Waals surface area contributed by atoms with Crippen LogP contribution < -0.4 is 11.1 Å². The van der Waals surface area contributed by atoms with Crippen LogP contribution in [0.5, 0.6) is 0 Å². The van der Waals surface area contributed by atoms with Gasteiger partial charge >= 0.3 is 0 Å². The molecule has 0 saturated carbocycles. The van der Waals surface area contributed by atoms with Crippen LogP contribution >= 0.6 is 0 Å². The minimum Gasteiger partial charge on any atom is -0.376 e. The fourth-order valence-electron chi connectivity index (χ4n) is 1.28. The van der Waals surface area contributed by atoms with Crippen molar-refractivity contribution >= 4 is 11.6 Å². The van der Waals surface area contributed by atoms with Gasteiger partial charge in [0.2, 0.25) is 5.91 Å². The quantitative estimate of drug-likeness (QED) is 0.793. The lowest BCUT2D eigenvalue weighted by Crippen LogP contribution is -2.21. The van der Waals surface area contributed by atoms with Crippen LogP contribution in [-0.4, -0.2) is 12.5 Å². The molecule has 1 amide bonds. The fraction of sp³-hybridized carbons (Fsp3) is 0.417. The number of carbonyl (C=O) groups excluding carboxylic acids is 1. The Morgan fingerprint density at radius 2 is 1.80 bits per heavy atom. The summed E-state index contributed by atoms with van der Waals surface area (Å²) in [6.07, 6.45) is 0. The Balaban J connectivity index is 2.69. The molecule has 0 aliphatic heterocycles. The van der Waals surface area contributed by atoms with Crippen LogP contribution in [0.4, 0.5) is 5.69 Å². The van der Waals surface area contributed by atoms with E-state index >= 15 is 0 Å². The molecule has 0 unspecified atom stereocenters. The number of hydrogen-bond acceptors (Lipinski definition) is 2. The zero-order valence-electron chi connectivity index (χ0n) is 9.50. The molecule has 3 nitrogen and oxygen atoms in total. The van der Waals surface area contributed by atoms with E-state index < -0.39 is 0 Å². The average Bonchev–Trinajstić information content (AvgIpc) is 2.14. The highest BCUT2D eigenvalue weighted by Gasteiger charge is 2.12. The summed E-state index contributed by atoms with van der Waals surface area (Å²) in [6.45, 7) is 6.67. The second-order valence-electron chi connectivity index (χ2n) is 4.65. The molecule has 1 rings (SSSR count). The predicted molar refractivity (Wildman–Crippen MR) is 62.8 cm³/mol. The lowest BCUT2D eigenvalue weighted by Gasteiger charge is -2.19. The molecular weight excluding hydrogens is 188 g/mol. The number of nitrogens with one attached hydrogen (secondary N) is 1. The molecule has 0 aromatic heterocycles. The van der Waals surface area contributed by atoms with Crippen LogP contribution in [0.1, 0.15) is 26.3 Å². The Bertz CT molecular complexity index is 336. The van der Waals surface area contributed by atoms with Gasteiger partial charge in [0.15, 0.2) is 0 Å². The normalized spacial score (nSPS) is 11.1. The van der Waals surface area contributed by atoms with Crippen molar-refractivity contribution in [3.05, 3.63) is 29.8 Å². The van der Waals surface area contributed by atoms with Gasteiger partial charge in [0.05, 0.1) is 6.54 Å². The van der Waals surface area contributed by atoms with Gasteiger partial charge in [0, 0.05) is 5.69 Å². The molecule has 15 heavy (non-hydrogen) atoms. The molecule has 3 N–H and O–H groups in total. The average molecular weight is 206 g/mol. The standard InChI is InChI=1S/C12H18N2O/c1-12(2,3)9-4-6-10(7-5-9)14-8-11(13)15/h4-7,14H,8H2,1-3H3,(H2,13,15). The highest BCUT2D eigenvalue weighted by Crippen LogP contribution is 2.23. The zero-order chi connectivity index (χ0) is 11.5. The van der Waals surface area contributed by atoms with Crippen LogP contribution in [-0.2, 0) is 10.2 Å². The van der Waals surface area contributed by atoms with Crippen molar-refractivity contribution in [3.8, 4) is 0 Å². The Kier molecular flexibility index (Phi) is 3.35. The second-order valence-corrected chi connectivity index (χ2v) is 4.65. The fourth-order valence-corrected chi connectivity index (χ4v) is 1.28. The van der Waals surface area contributed by atoms with E-state index in [2.05, 4.69) is 38.2 Å². The molecular formula is C12H18N2O. The Morgan fingerprint density at radius 3 is 2.20 bits per heavy atom. The van der Waals surface area contributed by atoms with E-state index in [4.69, 9.17) is 5.73 Å². The summed E-state index contributed by atoms with van der Waals surface area (Å²) in [5, 5.41) is 2.95. The molecule has 1 aromatic rings. The highest BCUT2D eigenvalue weighted by molar-refractivity contribution is 5.78. The largest absolute Gasteiger partial charge is 0.376 e. The number of rotatable bonds is 3. The van der Waals surface area contributed by atoms with E-state index in [1.165, 1.54) is 5.56 Å². The molecule has 0 fully saturated rings. The van der Waals surface area contributed by atoms with Gasteiger partial charge in [0.1, 0.15) is 0 Å². The molecule has 0 aliphatic carbocycles. The first-order valence-electron chi connectivity index (χ1n) is 5.02. The van der Waals surface area contributed by atoms with E-state index in [0.29, 0.717) is 0 Å². The lowest BCUT2D eigenvalue weighted by molar-refractivity contribution is -0.116. The molecule has 1 aromatic carbocycles. The van der Waals surface area contributed by atoms with Crippen LogP contribution in [0.15, 0.2) is 24.3 Å². The summed E-state index contributed by atoms with van der Waals surface area (Å²) in [6, 6.07) is 8.04. The van der Waals surface area contributed by atoms with Crippen LogP contribution in [0.2, 0.25) is 0 Å². The number of hydrogen-bond donors (Lipinski definition) is 2. The van der Waals surface area contributed by atoms with Crippen molar-refractivity contribution in [2.45, 2.75) is 26.2 Å². The third-order valence-corrected chi connectivity index (χ3v) is 2.22. The van der Waals surface area contributed by atoms with Crippen LogP contribution in [0.3, 0.4) is 0 Å². The van der Waals surface area contributed by atoms with Gasteiger partial charge < -0.3 is 11.1 Å². The number of anilines is 1. The van der Waals surface area contributed by atoms with E-state index in [9.17, 15) is 4.79 Å². The molecule has 0 bridgehead atoms. The Hall–Kier alpha value is -1.51. The van der Waals surface area contributed by atoms with Crippen molar-refractivity contribution < 1.29 is 4.79 Å². The number of nitrogens with two attached hydrogens (primary N) is 1. The predicted octanol–water partition coefficient (Wildman–Crippen LogP) is 1.88. The van der Waals surface area contributed by atoms with Gasteiger partial charge in [-0.3, -0.25) is 4.79 Å². The van der Waals surface area contributed by atoms with Gasteiger partial charge in [-0.05, 0) is 23.1 Å². The lowest BCUT2D eigenvalue weighted by atomic mass is 9.87. The van der Waals surface area contributed by atoms with Gasteiger partial charge in [-0.1, -0.05) is 32.9 Å². The van der Waals surface area contributed by atoms with Crippen molar-refractivity contribution in [3.63, 3.8) is 0 Å². The second kappa shape index (κ2) is 4.34. The highest BCUT2D eigenvalue weighted by atomic mass is 16.1. The van der Waals surface area contributed by atoms with Crippen LogP contribution in [0, 0.1) is 0 Å². The topological polar surface area (TPSA) is 55.1 Å². The van der Waals surface area contributed by atoms with Gasteiger partial charge in [-0.15, -0.1) is 0 Å². The van der Waals surface area contributed by atoms with Crippen molar-refractivity contribution in [2.75, 3.05) is 11.9 Å². The molecule has 0 atom stereocenters. The number of amides is 1. The van der Waals surface area contributed by atoms with Gasteiger partial charge in [0.25, 0.3) is 0 Å². The monoisotopic (exact) mass is 206 g/mol. The zero-order valence-corrected chi connectivity index (χ0v) is 9.50. The molecule has 0 heterocycles. The summed E-state index contributed by atoms with van der Waals surface area (Å²) >= 11 is 0. The third kappa shape index (κ3) is 3.62. The maximum Gasteiger partial charge on any atom is 0.236 e. The van der Waals surface area contributed by atoms with Gasteiger partial charge in [-0.2, -0.15) is 0 Å². The molecule has 0 aliphatic rings. The molecule has 0 radical (unpaired) electrons. The van der Waals surface area contributed by atoms with Crippen molar-refractivity contribution in [2.24, 2.45) is 5.73 Å². The summed E-state index contributed by atoms with van der Waals surface area (Å²) < 4.78 is 0. The van der Waals surface area contributed by atoms with E-state index in [-0.39, 0.29) is 17.9 Å². The number of primary amides is 1. The minimum absolute atomic E-state index is 0.155. The first-order chi connectivity index (χ1) is 6.89. The summed E-state index contributed by atoms with van der Waals surface area (Å²) in [5.74, 6) is -0.352. The van der Waals surface area contributed by atoms with E-state index in [0.717, 1.165) is 5.69 Å². The Labute approximate surface area is 90.7 Å². The number of benzene rings is 1. The molecule has 3 heteroatoms. The first kappa shape index (κ1) is 11.6. The summed E-state index contributed by atoms with van der Waals surface area (Å²) in [7, 11) is 0. The maximum atomic E-state index is 10.6. The molecule has 0 spiro atoms. The Morgan fingerprint density at radius 1 is 1.27 bits per heavy atom. The first-order valence-corrected chi connectivity index (χ1v) is 5.02. The summed E-state index contributed by atoms with van der Waals surface area (Å²) in [4.78, 5) is 10.6. The molecule has 0 saturated heterocycles. The number of carbonyl (C=O) groups is 1. The minimum atomic E-state index is -0.352. The van der Waals surface area contributed by atoms with E-state index in [1.807, 2.05) is 12.1 Å². The van der Waals surface area contributed by atoms with Crippen molar-refractivity contribution in [1.29, 1.82) is 0 Å². The van der Waals surface area contributed by atoms with Crippen molar-refractivity contribution in [1.82, 2.24) is 0 Å². The smallest absolute Gasteiger partial charge is 0.236 e. The third-order valence-electron chi connectivity index (χ3n) is 2.22.